The zero-order valence-corrected chi connectivity index (χ0v) is 8.81. The Bertz CT molecular complexity index is 265. The van der Waals surface area contributed by atoms with Gasteiger partial charge in [0.25, 0.3) is 0 Å². The lowest BCUT2D eigenvalue weighted by Crippen LogP contribution is -2.28. The van der Waals surface area contributed by atoms with E-state index in [0.717, 1.165) is 5.76 Å². The summed E-state index contributed by atoms with van der Waals surface area (Å²) in [5.41, 5.74) is 2.60. The van der Waals surface area contributed by atoms with E-state index in [1.165, 1.54) is 0 Å². The van der Waals surface area contributed by atoms with Gasteiger partial charge in [0.15, 0.2) is 5.22 Å². The van der Waals surface area contributed by atoms with Crippen molar-refractivity contribution in [2.75, 3.05) is 0 Å². The van der Waals surface area contributed by atoms with Gasteiger partial charge in [-0.15, -0.1) is 0 Å². The number of furan rings is 1. The molecular formula is C9H14ClNO2. The molecular weight excluding hydrogens is 190 g/mol. The van der Waals surface area contributed by atoms with Gasteiger partial charge < -0.3 is 4.42 Å². The third-order valence-corrected chi connectivity index (χ3v) is 1.46. The van der Waals surface area contributed by atoms with E-state index in [2.05, 4.69) is 5.48 Å². The van der Waals surface area contributed by atoms with E-state index < -0.39 is 0 Å². The fraction of sp³-hybridized carbons (Fsp3) is 0.556. The van der Waals surface area contributed by atoms with Crippen molar-refractivity contribution in [2.24, 2.45) is 0 Å². The summed E-state index contributed by atoms with van der Waals surface area (Å²) in [4.78, 5) is 5.29. The van der Waals surface area contributed by atoms with E-state index in [9.17, 15) is 0 Å². The lowest BCUT2D eigenvalue weighted by atomic mass is 10.2. The van der Waals surface area contributed by atoms with Gasteiger partial charge in [-0.05, 0) is 44.5 Å². The molecule has 13 heavy (non-hydrogen) atoms. The maximum absolute atomic E-state index is 5.59. The molecule has 0 atom stereocenters. The molecule has 0 unspecified atom stereocenters. The number of hydrogen-bond acceptors (Lipinski definition) is 3. The monoisotopic (exact) mass is 203 g/mol. The molecule has 1 aromatic rings. The predicted molar refractivity (Wildman–Crippen MR) is 51.4 cm³/mol. The van der Waals surface area contributed by atoms with Crippen LogP contribution in [0.2, 0.25) is 5.22 Å². The summed E-state index contributed by atoms with van der Waals surface area (Å²) < 4.78 is 5.12. The van der Waals surface area contributed by atoms with Crippen LogP contribution in [0, 0.1) is 0 Å². The second-order valence-corrected chi connectivity index (χ2v) is 4.11. The minimum Gasteiger partial charge on any atom is -0.448 e. The molecule has 1 aromatic heterocycles. The van der Waals surface area contributed by atoms with Crippen LogP contribution in [0.25, 0.3) is 0 Å². The van der Waals surface area contributed by atoms with Gasteiger partial charge in [0, 0.05) is 0 Å². The standard InChI is InChI=1S/C9H14ClNO2/c1-9(2,3)13-11-6-7-4-5-8(10)12-7/h4-5,11H,6H2,1-3H3. The minimum absolute atomic E-state index is 0.198. The Kier molecular flexibility index (Phi) is 3.36. The first-order valence-corrected chi connectivity index (χ1v) is 4.50. The minimum atomic E-state index is -0.198. The van der Waals surface area contributed by atoms with Crippen LogP contribution >= 0.6 is 11.6 Å². The molecule has 0 aliphatic heterocycles. The molecule has 1 heterocycles. The molecule has 4 heteroatoms. The van der Waals surface area contributed by atoms with Gasteiger partial charge in [-0.2, -0.15) is 5.48 Å². The molecule has 0 aliphatic rings. The molecule has 0 saturated carbocycles. The number of hydrogen-bond donors (Lipinski definition) is 1. The average Bonchev–Trinajstić information content (AvgIpc) is 2.33. The lowest BCUT2D eigenvalue weighted by molar-refractivity contribution is -0.0775. The average molecular weight is 204 g/mol. The Morgan fingerprint density at radius 2 is 2.15 bits per heavy atom. The summed E-state index contributed by atoms with van der Waals surface area (Å²) in [7, 11) is 0. The van der Waals surface area contributed by atoms with E-state index in [0.29, 0.717) is 11.8 Å². The van der Waals surface area contributed by atoms with Crippen molar-refractivity contribution in [3.8, 4) is 0 Å². The Morgan fingerprint density at radius 1 is 1.46 bits per heavy atom. The summed E-state index contributed by atoms with van der Waals surface area (Å²) in [6.07, 6.45) is 0. The molecule has 0 bridgehead atoms. The van der Waals surface area contributed by atoms with E-state index in [1.54, 1.807) is 12.1 Å². The van der Waals surface area contributed by atoms with Gasteiger partial charge in [-0.1, -0.05) is 0 Å². The maximum atomic E-state index is 5.59. The second kappa shape index (κ2) is 4.13. The smallest absolute Gasteiger partial charge is 0.193 e. The fourth-order valence-electron chi connectivity index (χ4n) is 0.770. The third-order valence-electron chi connectivity index (χ3n) is 1.25. The topological polar surface area (TPSA) is 34.4 Å². The lowest BCUT2D eigenvalue weighted by Gasteiger charge is -2.18. The molecule has 0 amide bonds. The van der Waals surface area contributed by atoms with Crippen molar-refractivity contribution in [3.63, 3.8) is 0 Å². The van der Waals surface area contributed by atoms with E-state index in [-0.39, 0.29) is 5.60 Å². The SMILES string of the molecule is CC(C)(C)ONCc1ccc(Cl)o1. The Morgan fingerprint density at radius 3 is 2.62 bits per heavy atom. The van der Waals surface area contributed by atoms with E-state index in [1.807, 2.05) is 20.8 Å². The molecule has 0 radical (unpaired) electrons. The summed E-state index contributed by atoms with van der Waals surface area (Å²) in [6.45, 7) is 6.42. The largest absolute Gasteiger partial charge is 0.448 e. The Hall–Kier alpha value is -0.510. The normalized spacial score (nSPS) is 12.0. The number of hydroxylamine groups is 1. The highest BCUT2D eigenvalue weighted by atomic mass is 35.5. The number of nitrogens with one attached hydrogen (secondary N) is 1. The molecule has 0 aromatic carbocycles. The van der Waals surface area contributed by atoms with Crippen molar-refractivity contribution in [2.45, 2.75) is 32.9 Å². The molecule has 3 nitrogen and oxygen atoms in total. The van der Waals surface area contributed by atoms with Crippen LogP contribution < -0.4 is 5.48 Å². The van der Waals surface area contributed by atoms with Gasteiger partial charge in [0.2, 0.25) is 0 Å². The first kappa shape index (κ1) is 10.6. The summed E-state index contributed by atoms with van der Waals surface area (Å²) in [6, 6.07) is 3.51. The molecule has 0 saturated heterocycles. The number of halogens is 1. The third kappa shape index (κ3) is 4.31. The highest BCUT2D eigenvalue weighted by Gasteiger charge is 2.10. The molecule has 74 valence electrons. The van der Waals surface area contributed by atoms with Crippen molar-refractivity contribution in [1.82, 2.24) is 5.48 Å². The summed E-state index contributed by atoms with van der Waals surface area (Å²) in [5, 5.41) is 0.396. The van der Waals surface area contributed by atoms with Crippen LogP contribution in [-0.4, -0.2) is 5.60 Å². The zero-order chi connectivity index (χ0) is 9.90. The van der Waals surface area contributed by atoms with Crippen molar-refractivity contribution >= 4 is 11.6 Å². The first-order valence-electron chi connectivity index (χ1n) is 4.12. The molecule has 0 aliphatic carbocycles. The zero-order valence-electron chi connectivity index (χ0n) is 8.06. The number of rotatable bonds is 3. The van der Waals surface area contributed by atoms with Crippen LogP contribution in [0.5, 0.6) is 0 Å². The van der Waals surface area contributed by atoms with Gasteiger partial charge >= 0.3 is 0 Å². The fourth-order valence-corrected chi connectivity index (χ4v) is 0.933. The van der Waals surface area contributed by atoms with Gasteiger partial charge in [0.05, 0.1) is 12.1 Å². The van der Waals surface area contributed by atoms with Gasteiger partial charge in [0.1, 0.15) is 5.76 Å². The van der Waals surface area contributed by atoms with Crippen molar-refractivity contribution in [3.05, 3.63) is 23.1 Å². The molecule has 0 spiro atoms. The Labute approximate surface area is 83.0 Å². The first-order chi connectivity index (χ1) is 5.97. The van der Waals surface area contributed by atoms with Crippen LogP contribution in [0.4, 0.5) is 0 Å². The molecule has 1 N–H and O–H groups in total. The van der Waals surface area contributed by atoms with Crippen LogP contribution in [0.15, 0.2) is 16.5 Å². The summed E-state index contributed by atoms with van der Waals surface area (Å²) in [5.74, 6) is 0.759. The van der Waals surface area contributed by atoms with Crippen molar-refractivity contribution in [1.29, 1.82) is 0 Å². The molecule has 0 fully saturated rings. The van der Waals surface area contributed by atoms with Crippen molar-refractivity contribution < 1.29 is 9.25 Å². The molecule has 1 rings (SSSR count). The second-order valence-electron chi connectivity index (χ2n) is 3.74. The van der Waals surface area contributed by atoms with Gasteiger partial charge in [-0.3, -0.25) is 4.84 Å². The van der Waals surface area contributed by atoms with Crippen LogP contribution in [0.3, 0.4) is 0 Å². The highest BCUT2D eigenvalue weighted by Crippen LogP contribution is 2.13. The van der Waals surface area contributed by atoms with Crippen LogP contribution in [-0.2, 0) is 11.4 Å². The quantitative estimate of drug-likeness (QED) is 0.768. The van der Waals surface area contributed by atoms with Crippen LogP contribution in [0.1, 0.15) is 26.5 Å². The van der Waals surface area contributed by atoms with Gasteiger partial charge in [-0.25, -0.2) is 0 Å². The maximum Gasteiger partial charge on any atom is 0.193 e. The van der Waals surface area contributed by atoms with E-state index >= 15 is 0 Å². The Balaban J connectivity index is 2.28. The summed E-state index contributed by atoms with van der Waals surface area (Å²) >= 11 is 5.59. The highest BCUT2D eigenvalue weighted by molar-refractivity contribution is 6.28. The van der Waals surface area contributed by atoms with E-state index in [4.69, 9.17) is 20.9 Å². The predicted octanol–water partition coefficient (Wildman–Crippen LogP) is 2.75.